The first-order chi connectivity index (χ1) is 6.00. The van der Waals surface area contributed by atoms with E-state index in [4.69, 9.17) is 23.2 Å². The van der Waals surface area contributed by atoms with E-state index in [0.717, 1.165) is 12.8 Å². The lowest BCUT2D eigenvalue weighted by molar-refractivity contribution is -0.114. The molecule has 0 spiro atoms. The number of carbonyl (C=O) groups is 1. The van der Waals surface area contributed by atoms with Gasteiger partial charge in [0.1, 0.15) is 3.94 Å². The summed E-state index contributed by atoms with van der Waals surface area (Å²) in [7, 11) is 0. The summed E-state index contributed by atoms with van der Waals surface area (Å²) in [5.41, 5.74) is 0. The Morgan fingerprint density at radius 3 is 2.38 bits per heavy atom. The average molecular weight is 353 g/mol. The number of halogens is 4. The number of hydrogen-bond acceptors (Lipinski definition) is 1. The summed E-state index contributed by atoms with van der Waals surface area (Å²) < 4.78 is 0.574. The second-order valence-corrected chi connectivity index (χ2v) is 5.50. The van der Waals surface area contributed by atoms with Gasteiger partial charge in [0.2, 0.25) is 0 Å². The molecule has 0 saturated carbocycles. The highest BCUT2D eigenvalue weighted by Crippen LogP contribution is 2.26. The van der Waals surface area contributed by atoms with Crippen LogP contribution in [-0.2, 0) is 4.79 Å². The molecule has 0 bridgehead atoms. The van der Waals surface area contributed by atoms with E-state index in [1.807, 2.05) is 0 Å². The van der Waals surface area contributed by atoms with Crippen LogP contribution in [0.25, 0.3) is 0 Å². The Morgan fingerprint density at radius 2 is 2.00 bits per heavy atom. The fourth-order valence-electron chi connectivity index (χ4n) is 0.745. The average Bonchev–Trinajstić information content (AvgIpc) is 2.11. The van der Waals surface area contributed by atoms with Crippen LogP contribution in [0.15, 0.2) is 8.42 Å². The topological polar surface area (TPSA) is 17.1 Å². The molecular formula is C8H10Br2Cl2O. The molecule has 0 aromatic heterocycles. The highest BCUT2D eigenvalue weighted by Gasteiger charge is 2.19. The van der Waals surface area contributed by atoms with Gasteiger partial charge < -0.3 is 0 Å². The molecule has 0 aliphatic heterocycles. The molecule has 0 aliphatic rings. The Labute approximate surface area is 105 Å². The molecule has 0 N–H and O–H groups in total. The van der Waals surface area contributed by atoms with Gasteiger partial charge in [-0.15, -0.1) is 11.6 Å². The Kier molecular flexibility index (Phi) is 7.80. The molecule has 1 atom stereocenters. The van der Waals surface area contributed by atoms with Gasteiger partial charge in [-0.25, -0.2) is 0 Å². The fourth-order valence-corrected chi connectivity index (χ4v) is 1.71. The van der Waals surface area contributed by atoms with Crippen LogP contribution in [0.4, 0.5) is 0 Å². The normalized spacial score (nSPS) is 15.2. The number of ketones is 1. The minimum absolute atomic E-state index is 0.169. The van der Waals surface area contributed by atoms with E-state index in [9.17, 15) is 4.79 Å². The highest BCUT2D eigenvalue weighted by atomic mass is 79.9. The van der Waals surface area contributed by atoms with Gasteiger partial charge in [-0.05, 0) is 38.3 Å². The van der Waals surface area contributed by atoms with E-state index in [-0.39, 0.29) is 9.72 Å². The third-order valence-corrected chi connectivity index (χ3v) is 4.03. The van der Waals surface area contributed by atoms with E-state index < -0.39 is 5.38 Å². The van der Waals surface area contributed by atoms with Crippen molar-refractivity contribution in [1.82, 2.24) is 0 Å². The number of hydrogen-bond donors (Lipinski definition) is 0. The zero-order valence-electron chi connectivity index (χ0n) is 7.12. The van der Waals surface area contributed by atoms with Crippen molar-refractivity contribution in [2.75, 3.05) is 0 Å². The Balaban J connectivity index is 4.19. The van der Waals surface area contributed by atoms with Gasteiger partial charge in [0.05, 0.1) is 9.86 Å². The summed E-state index contributed by atoms with van der Waals surface area (Å²) in [6.45, 7) is 2.05. The highest BCUT2D eigenvalue weighted by molar-refractivity contribution is 9.14. The number of unbranched alkanes of at least 4 members (excludes halogenated alkanes) is 1. The molecule has 0 unspecified atom stereocenters. The van der Waals surface area contributed by atoms with Gasteiger partial charge in [-0.3, -0.25) is 4.79 Å². The smallest absolute Gasteiger partial charge is 0.189 e. The largest absolute Gasteiger partial charge is 0.292 e. The van der Waals surface area contributed by atoms with Crippen molar-refractivity contribution in [3.63, 3.8) is 0 Å². The molecule has 0 aliphatic carbocycles. The van der Waals surface area contributed by atoms with E-state index >= 15 is 0 Å². The number of alkyl halides is 1. The molecule has 0 heterocycles. The summed E-state index contributed by atoms with van der Waals surface area (Å²) in [6, 6.07) is 0. The first kappa shape index (κ1) is 13.9. The van der Waals surface area contributed by atoms with E-state index in [2.05, 4.69) is 38.8 Å². The summed E-state index contributed by atoms with van der Waals surface area (Å²) in [5.74, 6) is -0.169. The SMILES string of the molecule is CCCC[C@@H](Cl)C(=O)/C(Br)=C(/Cl)Br. The lowest BCUT2D eigenvalue weighted by atomic mass is 10.1. The van der Waals surface area contributed by atoms with Crippen LogP contribution in [-0.4, -0.2) is 11.2 Å². The van der Waals surface area contributed by atoms with Crippen molar-refractivity contribution in [1.29, 1.82) is 0 Å². The molecule has 0 rings (SSSR count). The number of carbonyl (C=O) groups excluding carboxylic acids is 1. The van der Waals surface area contributed by atoms with Crippen molar-refractivity contribution < 1.29 is 4.79 Å². The fraction of sp³-hybridized carbons (Fsp3) is 0.625. The molecule has 0 saturated heterocycles. The van der Waals surface area contributed by atoms with Crippen LogP contribution in [0, 0.1) is 0 Å². The van der Waals surface area contributed by atoms with Crippen molar-refractivity contribution >= 4 is 60.8 Å². The summed E-state index contributed by atoms with van der Waals surface area (Å²) >= 11 is 17.5. The Morgan fingerprint density at radius 1 is 1.46 bits per heavy atom. The second-order valence-electron chi connectivity index (χ2n) is 2.55. The minimum Gasteiger partial charge on any atom is -0.292 e. The molecule has 0 radical (unpaired) electrons. The Hall–Kier alpha value is 0.950. The van der Waals surface area contributed by atoms with Crippen LogP contribution in [0.3, 0.4) is 0 Å². The summed E-state index contributed by atoms with van der Waals surface area (Å²) in [6.07, 6.45) is 2.66. The van der Waals surface area contributed by atoms with Crippen molar-refractivity contribution in [3.8, 4) is 0 Å². The quantitative estimate of drug-likeness (QED) is 0.524. The predicted molar refractivity (Wildman–Crippen MR) is 64.9 cm³/mol. The van der Waals surface area contributed by atoms with Gasteiger partial charge in [0, 0.05) is 0 Å². The summed E-state index contributed by atoms with van der Waals surface area (Å²) in [4.78, 5) is 11.4. The first-order valence-corrected chi connectivity index (χ1v) is 6.29. The standard InChI is InChI=1S/C8H10Br2Cl2O/c1-2-3-4-5(11)7(13)6(9)8(10)12/h5H,2-4H2,1H3/b8-6-/t5-/m1/s1. The monoisotopic (exact) mass is 350 g/mol. The van der Waals surface area contributed by atoms with Gasteiger partial charge in [0.25, 0.3) is 0 Å². The van der Waals surface area contributed by atoms with Crippen LogP contribution in [0.5, 0.6) is 0 Å². The van der Waals surface area contributed by atoms with Gasteiger partial charge in [0.15, 0.2) is 5.78 Å². The molecule has 13 heavy (non-hydrogen) atoms. The molecular weight excluding hydrogens is 343 g/mol. The Bertz CT molecular complexity index is 212. The molecule has 5 heteroatoms. The van der Waals surface area contributed by atoms with E-state index in [0.29, 0.717) is 10.9 Å². The van der Waals surface area contributed by atoms with E-state index in [1.165, 1.54) is 0 Å². The molecule has 0 aromatic rings. The third kappa shape index (κ3) is 5.40. The minimum atomic E-state index is -0.486. The third-order valence-electron chi connectivity index (χ3n) is 1.48. The molecule has 0 amide bonds. The predicted octanol–water partition coefficient (Wildman–Crippen LogP) is 4.55. The zero-order chi connectivity index (χ0) is 10.4. The maximum Gasteiger partial charge on any atom is 0.189 e. The van der Waals surface area contributed by atoms with Crippen LogP contribution < -0.4 is 0 Å². The summed E-state index contributed by atoms with van der Waals surface area (Å²) in [5, 5.41) is -0.486. The van der Waals surface area contributed by atoms with Gasteiger partial charge in [-0.2, -0.15) is 0 Å². The van der Waals surface area contributed by atoms with Crippen LogP contribution in [0.1, 0.15) is 26.2 Å². The van der Waals surface area contributed by atoms with Gasteiger partial charge in [-0.1, -0.05) is 31.4 Å². The van der Waals surface area contributed by atoms with Crippen LogP contribution >= 0.6 is 55.1 Å². The number of rotatable bonds is 5. The van der Waals surface area contributed by atoms with Crippen molar-refractivity contribution in [2.24, 2.45) is 0 Å². The first-order valence-electron chi connectivity index (χ1n) is 3.89. The lowest BCUT2D eigenvalue weighted by Crippen LogP contribution is -2.14. The molecule has 0 fully saturated rings. The molecule has 76 valence electrons. The number of Topliss-reactive ketones (excluding diaryl/α,β-unsaturated/α-hetero) is 1. The number of allylic oxidation sites excluding steroid dienone is 1. The zero-order valence-corrected chi connectivity index (χ0v) is 11.8. The van der Waals surface area contributed by atoms with E-state index in [1.54, 1.807) is 0 Å². The maximum absolute atomic E-state index is 11.4. The second kappa shape index (κ2) is 7.27. The van der Waals surface area contributed by atoms with Crippen molar-refractivity contribution in [2.45, 2.75) is 31.6 Å². The van der Waals surface area contributed by atoms with Crippen molar-refractivity contribution in [3.05, 3.63) is 8.42 Å². The lowest BCUT2D eigenvalue weighted by Gasteiger charge is -2.06. The molecule has 0 aromatic carbocycles. The van der Waals surface area contributed by atoms with Gasteiger partial charge >= 0.3 is 0 Å². The van der Waals surface area contributed by atoms with Crippen LogP contribution in [0.2, 0.25) is 0 Å². The maximum atomic E-state index is 11.4. The molecule has 1 nitrogen and oxygen atoms in total.